The van der Waals surface area contributed by atoms with Crippen molar-refractivity contribution < 1.29 is 0 Å². The number of aromatic nitrogens is 1. The molecular weight excluding hydrogens is 252 g/mol. The first kappa shape index (κ1) is 13.6. The number of nitrogens with one attached hydrogen (secondary N) is 1. The molecule has 0 amide bonds. The molecule has 0 aliphatic heterocycles. The van der Waals surface area contributed by atoms with Crippen LogP contribution in [0, 0.1) is 18.8 Å². The molecule has 2 fully saturated rings. The van der Waals surface area contributed by atoms with Crippen molar-refractivity contribution in [1.29, 1.82) is 0 Å². The molecule has 3 atom stereocenters. The Hall–Kier alpha value is -0.410. The highest BCUT2D eigenvalue weighted by atomic mass is 32.1. The van der Waals surface area contributed by atoms with Crippen molar-refractivity contribution in [1.82, 2.24) is 10.3 Å². The molecule has 106 valence electrons. The average molecular weight is 278 g/mol. The van der Waals surface area contributed by atoms with E-state index in [-0.39, 0.29) is 5.54 Å². The van der Waals surface area contributed by atoms with Gasteiger partial charge in [0.2, 0.25) is 0 Å². The van der Waals surface area contributed by atoms with Gasteiger partial charge in [0.25, 0.3) is 0 Å². The Morgan fingerprint density at radius 3 is 2.68 bits per heavy atom. The molecular formula is C16H26N2S. The molecule has 2 saturated carbocycles. The summed E-state index contributed by atoms with van der Waals surface area (Å²) in [4.78, 5) is 6.43. The highest BCUT2D eigenvalue weighted by Crippen LogP contribution is 2.56. The normalized spacial score (nSPS) is 33.5. The van der Waals surface area contributed by atoms with Crippen LogP contribution in [0.4, 0.5) is 0 Å². The van der Waals surface area contributed by atoms with E-state index in [0.717, 1.165) is 18.3 Å². The second-order valence-corrected chi connectivity index (χ2v) is 7.93. The van der Waals surface area contributed by atoms with Crippen molar-refractivity contribution in [3.05, 3.63) is 15.6 Å². The monoisotopic (exact) mass is 278 g/mol. The van der Waals surface area contributed by atoms with Gasteiger partial charge in [0.15, 0.2) is 0 Å². The molecule has 0 spiro atoms. The maximum Gasteiger partial charge on any atom is 0.114 e. The van der Waals surface area contributed by atoms with Crippen molar-refractivity contribution in [3.8, 4) is 0 Å². The van der Waals surface area contributed by atoms with Gasteiger partial charge in [0.1, 0.15) is 5.01 Å². The lowest BCUT2D eigenvalue weighted by molar-refractivity contribution is 0.193. The molecule has 3 unspecified atom stereocenters. The quantitative estimate of drug-likeness (QED) is 0.899. The number of rotatable bonds is 4. The lowest BCUT2D eigenvalue weighted by Crippen LogP contribution is -2.49. The summed E-state index contributed by atoms with van der Waals surface area (Å²) < 4.78 is 0. The Balaban J connectivity index is 1.99. The first-order chi connectivity index (χ1) is 9.05. The predicted molar refractivity (Wildman–Crippen MR) is 81.6 cm³/mol. The molecule has 0 radical (unpaired) electrons. The van der Waals surface area contributed by atoms with Gasteiger partial charge in [0.05, 0.1) is 11.2 Å². The number of nitrogens with zero attached hydrogens (tertiary/aromatic N) is 1. The zero-order chi connectivity index (χ0) is 13.6. The van der Waals surface area contributed by atoms with E-state index in [4.69, 9.17) is 4.98 Å². The Bertz CT molecular complexity index is 465. The fraction of sp³-hybridized carbons (Fsp3) is 0.812. The number of thiazole rings is 1. The third-order valence-corrected chi connectivity index (χ3v) is 6.19. The fourth-order valence-electron chi connectivity index (χ4n) is 4.29. The highest BCUT2D eigenvalue weighted by Gasteiger charge is 2.53. The Kier molecular flexibility index (Phi) is 3.46. The molecule has 1 aromatic rings. The number of hydrogen-bond donors (Lipinski definition) is 1. The van der Waals surface area contributed by atoms with E-state index in [1.54, 1.807) is 0 Å². The maximum absolute atomic E-state index is 5.01. The average Bonchev–Trinajstić information content (AvgIpc) is 3.01. The van der Waals surface area contributed by atoms with Crippen molar-refractivity contribution >= 4 is 11.3 Å². The van der Waals surface area contributed by atoms with Crippen molar-refractivity contribution in [2.45, 2.75) is 71.4 Å². The second kappa shape index (κ2) is 4.85. The number of fused-ring (bicyclic) bond motifs is 2. The second-order valence-electron chi connectivity index (χ2n) is 6.73. The first-order valence-corrected chi connectivity index (χ1v) is 8.61. The first-order valence-electron chi connectivity index (χ1n) is 7.79. The summed E-state index contributed by atoms with van der Waals surface area (Å²) >= 11 is 1.94. The summed E-state index contributed by atoms with van der Waals surface area (Å²) in [6.45, 7) is 9.00. The van der Waals surface area contributed by atoms with E-state index in [9.17, 15) is 0 Å². The zero-order valence-electron chi connectivity index (χ0n) is 12.6. The van der Waals surface area contributed by atoms with Crippen molar-refractivity contribution in [2.24, 2.45) is 11.8 Å². The van der Waals surface area contributed by atoms with Crippen LogP contribution in [0.25, 0.3) is 0 Å². The van der Waals surface area contributed by atoms with Gasteiger partial charge in [-0.1, -0.05) is 13.3 Å². The van der Waals surface area contributed by atoms with Crippen molar-refractivity contribution in [2.75, 3.05) is 0 Å². The highest BCUT2D eigenvalue weighted by molar-refractivity contribution is 7.11. The lowest BCUT2D eigenvalue weighted by Gasteiger charge is -2.38. The summed E-state index contributed by atoms with van der Waals surface area (Å²) in [5.41, 5.74) is 1.51. The standard InChI is InChI=1S/C16H26N2S/c1-5-14-11(4)19-15(17-14)16(18-10(2)3)9-12-6-7-13(16)8-12/h10,12-13,18H,5-9H2,1-4H3. The summed E-state index contributed by atoms with van der Waals surface area (Å²) in [6.07, 6.45) is 6.63. The van der Waals surface area contributed by atoms with E-state index >= 15 is 0 Å². The molecule has 2 aliphatic rings. The molecule has 1 heterocycles. The molecule has 19 heavy (non-hydrogen) atoms. The molecule has 0 aromatic carbocycles. The molecule has 0 saturated heterocycles. The van der Waals surface area contributed by atoms with E-state index in [1.807, 2.05) is 11.3 Å². The van der Waals surface area contributed by atoms with E-state index < -0.39 is 0 Å². The maximum atomic E-state index is 5.01. The number of aryl methyl sites for hydroxylation is 2. The molecule has 3 heteroatoms. The van der Waals surface area contributed by atoms with Crippen LogP contribution in [0.5, 0.6) is 0 Å². The molecule has 2 aliphatic carbocycles. The third-order valence-electron chi connectivity index (χ3n) is 5.00. The van der Waals surface area contributed by atoms with Crippen LogP contribution in [-0.2, 0) is 12.0 Å². The molecule has 3 rings (SSSR count). The van der Waals surface area contributed by atoms with Crippen LogP contribution in [0.1, 0.15) is 62.0 Å². The van der Waals surface area contributed by atoms with Gasteiger partial charge in [0, 0.05) is 10.9 Å². The minimum Gasteiger partial charge on any atom is -0.303 e. The fourth-order valence-corrected chi connectivity index (χ4v) is 5.54. The van der Waals surface area contributed by atoms with Crippen LogP contribution in [0.2, 0.25) is 0 Å². The van der Waals surface area contributed by atoms with Crippen LogP contribution in [-0.4, -0.2) is 11.0 Å². The molecule has 2 nitrogen and oxygen atoms in total. The lowest BCUT2D eigenvalue weighted by atomic mass is 9.80. The predicted octanol–water partition coefficient (Wildman–Crippen LogP) is 4.03. The van der Waals surface area contributed by atoms with Gasteiger partial charge in [-0.3, -0.25) is 0 Å². The van der Waals surface area contributed by atoms with Gasteiger partial charge in [-0.05, 0) is 58.3 Å². The van der Waals surface area contributed by atoms with Gasteiger partial charge < -0.3 is 5.32 Å². The van der Waals surface area contributed by atoms with E-state index in [2.05, 4.69) is 33.0 Å². The molecule has 1 aromatic heterocycles. The summed E-state index contributed by atoms with van der Waals surface area (Å²) in [5.74, 6) is 1.75. The largest absolute Gasteiger partial charge is 0.303 e. The van der Waals surface area contributed by atoms with Gasteiger partial charge >= 0.3 is 0 Å². The minimum absolute atomic E-state index is 0.194. The van der Waals surface area contributed by atoms with Gasteiger partial charge in [-0.15, -0.1) is 11.3 Å². The molecule has 1 N–H and O–H groups in total. The molecule has 2 bridgehead atoms. The topological polar surface area (TPSA) is 24.9 Å². The van der Waals surface area contributed by atoms with Crippen molar-refractivity contribution in [3.63, 3.8) is 0 Å². The van der Waals surface area contributed by atoms with E-state index in [1.165, 1.54) is 41.3 Å². The van der Waals surface area contributed by atoms with Crippen LogP contribution >= 0.6 is 11.3 Å². The van der Waals surface area contributed by atoms with Gasteiger partial charge in [-0.2, -0.15) is 0 Å². The van der Waals surface area contributed by atoms with Crippen LogP contribution in [0.3, 0.4) is 0 Å². The smallest absolute Gasteiger partial charge is 0.114 e. The SMILES string of the molecule is CCc1nc(C2(NC(C)C)CC3CCC2C3)sc1C. The Morgan fingerprint density at radius 1 is 1.42 bits per heavy atom. The van der Waals surface area contributed by atoms with Crippen LogP contribution in [0.15, 0.2) is 0 Å². The Morgan fingerprint density at radius 2 is 2.21 bits per heavy atom. The minimum atomic E-state index is 0.194. The van der Waals surface area contributed by atoms with Gasteiger partial charge in [-0.25, -0.2) is 4.98 Å². The summed E-state index contributed by atoms with van der Waals surface area (Å²) in [5, 5.41) is 5.29. The summed E-state index contributed by atoms with van der Waals surface area (Å²) in [7, 11) is 0. The zero-order valence-corrected chi connectivity index (χ0v) is 13.4. The van der Waals surface area contributed by atoms with E-state index in [0.29, 0.717) is 6.04 Å². The Labute approximate surface area is 121 Å². The summed E-state index contributed by atoms with van der Waals surface area (Å²) in [6, 6.07) is 0.536. The third kappa shape index (κ3) is 2.15. The van der Waals surface area contributed by atoms with Crippen LogP contribution < -0.4 is 5.32 Å². The number of hydrogen-bond acceptors (Lipinski definition) is 3.